The molecule has 0 aromatic rings. The normalized spacial score (nSPS) is 30.3. The molecule has 0 aromatic heterocycles. The standard InChI is InChI=1S/C25H39F4N3O3/c1-16(31-24(33)25(27,28)29)23(15-34-20-5-3-2-4-6-20)35-21-11-12-22(17(13-21)14-30)32-19-9-7-18(26)8-10-19/h3,5,7,11,16-17,19-20,22-24,31-33H,2,4,6,8-10,12-15,30H2,1H3/t16-,17?,19?,20?,22?,23?,24?/m1/s1. The fraction of sp³-hybridized carbons (Fsp3) is 0.760. The van der Waals surface area contributed by atoms with Crippen LogP contribution >= 0.6 is 0 Å². The minimum atomic E-state index is -4.78. The number of nitrogens with one attached hydrogen (secondary N) is 2. The quantitative estimate of drug-likeness (QED) is 0.193. The van der Waals surface area contributed by atoms with Crippen LogP contribution in [0.4, 0.5) is 17.6 Å². The van der Waals surface area contributed by atoms with E-state index < -0.39 is 24.6 Å². The molecule has 0 amide bonds. The first-order valence-corrected chi connectivity index (χ1v) is 12.6. The third kappa shape index (κ3) is 8.86. The maximum absolute atomic E-state index is 13.3. The molecule has 5 N–H and O–H groups in total. The number of aliphatic hydroxyl groups excluding tert-OH is 1. The second-order valence-electron chi connectivity index (χ2n) is 9.79. The SMILES string of the molecule is C[C@@H](NC(O)C(F)(F)F)C(COC1C=CCCC1)OC1=CCC(NC2CC=C(F)CC2)C(CN)C1. The second kappa shape index (κ2) is 13.2. The van der Waals surface area contributed by atoms with Crippen molar-refractivity contribution in [3.05, 3.63) is 35.9 Å². The molecular formula is C25H39F4N3O3. The van der Waals surface area contributed by atoms with Gasteiger partial charge >= 0.3 is 6.18 Å². The zero-order valence-corrected chi connectivity index (χ0v) is 20.3. The van der Waals surface area contributed by atoms with E-state index in [1.807, 2.05) is 18.2 Å². The highest BCUT2D eigenvalue weighted by molar-refractivity contribution is 5.08. The van der Waals surface area contributed by atoms with Gasteiger partial charge in [0.25, 0.3) is 0 Å². The van der Waals surface area contributed by atoms with Crippen molar-refractivity contribution in [2.75, 3.05) is 13.2 Å². The highest BCUT2D eigenvalue weighted by Gasteiger charge is 2.40. The van der Waals surface area contributed by atoms with Crippen molar-refractivity contribution >= 4 is 0 Å². The van der Waals surface area contributed by atoms with E-state index in [0.29, 0.717) is 38.0 Å². The molecule has 0 saturated carbocycles. The topological polar surface area (TPSA) is 88.8 Å². The number of aliphatic hydroxyl groups is 1. The van der Waals surface area contributed by atoms with Crippen molar-refractivity contribution in [2.24, 2.45) is 11.7 Å². The van der Waals surface area contributed by atoms with Crippen LogP contribution in [0.15, 0.2) is 35.9 Å². The van der Waals surface area contributed by atoms with Gasteiger partial charge in [0, 0.05) is 31.0 Å². The smallest absolute Gasteiger partial charge is 0.427 e. The van der Waals surface area contributed by atoms with Crippen LogP contribution < -0.4 is 16.4 Å². The van der Waals surface area contributed by atoms with Gasteiger partial charge in [-0.2, -0.15) is 13.2 Å². The Kier molecular flexibility index (Phi) is 10.6. The molecule has 10 heteroatoms. The van der Waals surface area contributed by atoms with Crippen LogP contribution in [0.1, 0.15) is 58.3 Å². The Balaban J connectivity index is 1.62. The fourth-order valence-electron chi connectivity index (χ4n) is 4.80. The predicted octanol–water partition coefficient (Wildman–Crippen LogP) is 3.97. The van der Waals surface area contributed by atoms with Crippen molar-refractivity contribution in [1.29, 1.82) is 0 Å². The summed E-state index contributed by atoms with van der Waals surface area (Å²) in [5, 5.41) is 15.3. The van der Waals surface area contributed by atoms with Crippen LogP contribution in [0.3, 0.4) is 0 Å². The number of ether oxygens (including phenoxy) is 2. The maximum Gasteiger partial charge on any atom is 0.427 e. The molecule has 3 aliphatic carbocycles. The molecule has 7 atom stereocenters. The molecule has 0 aliphatic heterocycles. The number of rotatable bonds is 11. The zero-order valence-electron chi connectivity index (χ0n) is 20.3. The van der Waals surface area contributed by atoms with E-state index in [0.717, 1.165) is 25.7 Å². The first-order chi connectivity index (χ1) is 16.7. The molecule has 0 fully saturated rings. The predicted molar refractivity (Wildman–Crippen MR) is 126 cm³/mol. The Morgan fingerprint density at radius 1 is 1.23 bits per heavy atom. The van der Waals surface area contributed by atoms with Crippen LogP contribution in [0, 0.1) is 5.92 Å². The third-order valence-corrected chi connectivity index (χ3v) is 7.02. The summed E-state index contributed by atoms with van der Waals surface area (Å²) in [7, 11) is 0. The third-order valence-electron chi connectivity index (χ3n) is 7.02. The lowest BCUT2D eigenvalue weighted by Gasteiger charge is -2.37. The highest BCUT2D eigenvalue weighted by Crippen LogP contribution is 2.29. The monoisotopic (exact) mass is 505 g/mol. The summed E-state index contributed by atoms with van der Waals surface area (Å²) in [6.07, 6.45) is 5.17. The molecule has 0 bridgehead atoms. The Hall–Kier alpha value is -1.46. The van der Waals surface area contributed by atoms with Gasteiger partial charge < -0.3 is 25.6 Å². The molecule has 0 saturated heterocycles. The molecule has 6 nitrogen and oxygen atoms in total. The van der Waals surface area contributed by atoms with E-state index in [9.17, 15) is 22.7 Å². The van der Waals surface area contributed by atoms with Gasteiger partial charge in [-0.3, -0.25) is 5.32 Å². The zero-order chi connectivity index (χ0) is 25.4. The Bertz CT molecular complexity index is 759. The summed E-state index contributed by atoms with van der Waals surface area (Å²) in [6.45, 7) is 2.05. The Morgan fingerprint density at radius 2 is 2.03 bits per heavy atom. The van der Waals surface area contributed by atoms with E-state index in [1.54, 1.807) is 13.0 Å². The first-order valence-electron chi connectivity index (χ1n) is 12.6. The van der Waals surface area contributed by atoms with Crippen molar-refractivity contribution in [3.63, 3.8) is 0 Å². The largest absolute Gasteiger partial charge is 0.491 e. The number of hydrogen-bond acceptors (Lipinski definition) is 6. The summed E-state index contributed by atoms with van der Waals surface area (Å²) < 4.78 is 64.2. The van der Waals surface area contributed by atoms with Gasteiger partial charge in [-0.25, -0.2) is 4.39 Å². The molecule has 0 heterocycles. The number of hydrogen-bond donors (Lipinski definition) is 4. The average Bonchev–Trinajstić information content (AvgIpc) is 2.83. The molecular weight excluding hydrogens is 466 g/mol. The fourth-order valence-corrected chi connectivity index (χ4v) is 4.80. The summed E-state index contributed by atoms with van der Waals surface area (Å²) in [5.41, 5.74) is 6.05. The summed E-state index contributed by atoms with van der Waals surface area (Å²) in [4.78, 5) is 0. The van der Waals surface area contributed by atoms with Crippen LogP contribution in [-0.4, -0.2) is 61.0 Å². The van der Waals surface area contributed by atoms with Crippen molar-refractivity contribution < 1.29 is 32.1 Å². The molecule has 3 rings (SSSR count). The molecule has 0 radical (unpaired) electrons. The molecule has 3 aliphatic rings. The van der Waals surface area contributed by atoms with Gasteiger partial charge in [0.15, 0.2) is 0 Å². The summed E-state index contributed by atoms with van der Waals surface area (Å²) >= 11 is 0. The molecule has 0 aromatic carbocycles. The maximum atomic E-state index is 13.3. The molecule has 35 heavy (non-hydrogen) atoms. The van der Waals surface area contributed by atoms with Crippen LogP contribution in [0.2, 0.25) is 0 Å². The van der Waals surface area contributed by atoms with E-state index in [4.69, 9.17) is 15.2 Å². The van der Waals surface area contributed by atoms with Crippen LogP contribution in [-0.2, 0) is 9.47 Å². The van der Waals surface area contributed by atoms with Crippen LogP contribution in [0.5, 0.6) is 0 Å². The highest BCUT2D eigenvalue weighted by atomic mass is 19.4. The van der Waals surface area contributed by atoms with Gasteiger partial charge in [0.1, 0.15) is 6.10 Å². The lowest BCUT2D eigenvalue weighted by atomic mass is 9.86. The van der Waals surface area contributed by atoms with Gasteiger partial charge in [0.2, 0.25) is 6.23 Å². The van der Waals surface area contributed by atoms with Gasteiger partial charge in [-0.1, -0.05) is 18.2 Å². The van der Waals surface area contributed by atoms with E-state index in [2.05, 4.69) is 10.6 Å². The van der Waals surface area contributed by atoms with E-state index in [1.165, 1.54) is 0 Å². The Morgan fingerprint density at radius 3 is 2.66 bits per heavy atom. The van der Waals surface area contributed by atoms with Crippen molar-refractivity contribution in [2.45, 2.75) is 101 Å². The van der Waals surface area contributed by atoms with Crippen molar-refractivity contribution in [1.82, 2.24) is 10.6 Å². The van der Waals surface area contributed by atoms with Crippen LogP contribution in [0.25, 0.3) is 0 Å². The molecule has 200 valence electrons. The average molecular weight is 506 g/mol. The number of allylic oxidation sites excluding steroid dienone is 3. The minimum absolute atomic E-state index is 0.0620. The van der Waals surface area contributed by atoms with Gasteiger partial charge in [-0.05, 0) is 64.0 Å². The van der Waals surface area contributed by atoms with Crippen molar-refractivity contribution in [3.8, 4) is 0 Å². The van der Waals surface area contributed by atoms with E-state index >= 15 is 0 Å². The Labute approximate surface area is 205 Å². The second-order valence-corrected chi connectivity index (χ2v) is 9.79. The number of nitrogens with two attached hydrogens (primary N) is 1. The van der Waals surface area contributed by atoms with Gasteiger partial charge in [0.05, 0.1) is 24.3 Å². The van der Waals surface area contributed by atoms with Gasteiger partial charge in [-0.15, -0.1) is 0 Å². The molecule has 0 spiro atoms. The molecule has 6 unspecified atom stereocenters. The lowest BCUT2D eigenvalue weighted by molar-refractivity contribution is -0.218. The summed E-state index contributed by atoms with van der Waals surface area (Å²) in [6, 6.07) is -0.505. The number of halogens is 4. The minimum Gasteiger partial charge on any atom is -0.491 e. The lowest BCUT2D eigenvalue weighted by Crippen LogP contribution is -2.52. The number of alkyl halides is 3. The first kappa shape index (κ1) is 28.1. The van der Waals surface area contributed by atoms with E-state index in [-0.39, 0.29) is 36.5 Å². The summed E-state index contributed by atoms with van der Waals surface area (Å²) in [5.74, 6) is 0.682.